The van der Waals surface area contributed by atoms with E-state index in [0.29, 0.717) is 17.9 Å². The molecule has 6 nitrogen and oxygen atoms in total. The first-order valence-electron chi connectivity index (χ1n) is 8.49. The molecule has 0 spiro atoms. The molecule has 0 radical (unpaired) electrons. The minimum absolute atomic E-state index is 0.0265. The van der Waals surface area contributed by atoms with Crippen LogP contribution in [0.3, 0.4) is 0 Å². The van der Waals surface area contributed by atoms with E-state index in [9.17, 15) is 14.4 Å². The number of furan rings is 1. The number of amides is 2. The number of anilines is 1. The Morgan fingerprint density at radius 2 is 1.81 bits per heavy atom. The van der Waals surface area contributed by atoms with Crippen LogP contribution < -0.4 is 9.64 Å². The molecule has 7 heteroatoms. The number of rotatable bonds is 3. The van der Waals surface area contributed by atoms with E-state index >= 15 is 0 Å². The highest BCUT2D eigenvalue weighted by atomic mass is 35.5. The predicted octanol–water partition coefficient (Wildman–Crippen LogP) is 3.83. The van der Waals surface area contributed by atoms with E-state index in [1.807, 2.05) is 0 Å². The van der Waals surface area contributed by atoms with E-state index in [1.54, 1.807) is 6.07 Å². The normalized spacial score (nSPS) is 22.4. The van der Waals surface area contributed by atoms with Crippen molar-refractivity contribution in [3.63, 3.8) is 0 Å². The number of carbonyl (C=O) groups is 3. The first-order valence-corrected chi connectivity index (χ1v) is 8.87. The molecular weight excluding hydrogens is 358 g/mol. The summed E-state index contributed by atoms with van der Waals surface area (Å²) in [6.45, 7) is 0. The summed E-state index contributed by atoms with van der Waals surface area (Å²) >= 11 is 6.07. The molecule has 0 bridgehead atoms. The molecule has 2 aromatic rings. The van der Waals surface area contributed by atoms with Crippen LogP contribution in [0.15, 0.2) is 41.0 Å². The summed E-state index contributed by atoms with van der Waals surface area (Å²) in [5, 5.41) is 0.341. The van der Waals surface area contributed by atoms with Crippen LogP contribution in [0.4, 0.5) is 5.69 Å². The van der Waals surface area contributed by atoms with E-state index in [4.69, 9.17) is 20.8 Å². The van der Waals surface area contributed by atoms with E-state index in [1.165, 1.54) is 30.5 Å². The number of halogens is 1. The Balaban J connectivity index is 1.69. The van der Waals surface area contributed by atoms with Crippen molar-refractivity contribution in [3.05, 3.63) is 47.4 Å². The lowest BCUT2D eigenvalue weighted by molar-refractivity contribution is -0.122. The minimum atomic E-state index is -0.713. The Hall–Kier alpha value is -2.60. The molecule has 26 heavy (non-hydrogen) atoms. The second-order valence-electron chi connectivity index (χ2n) is 6.49. The highest BCUT2D eigenvalue weighted by Gasteiger charge is 2.49. The number of imide groups is 1. The Labute approximate surface area is 154 Å². The van der Waals surface area contributed by atoms with Gasteiger partial charge in [0.2, 0.25) is 17.6 Å². The molecule has 134 valence electrons. The van der Waals surface area contributed by atoms with Crippen molar-refractivity contribution in [2.24, 2.45) is 11.8 Å². The quantitative estimate of drug-likeness (QED) is 0.464. The number of nitrogens with zero attached hydrogens (tertiary/aromatic N) is 1. The molecule has 4 rings (SSSR count). The molecule has 1 aliphatic heterocycles. The predicted molar refractivity (Wildman–Crippen MR) is 93.1 cm³/mol. The van der Waals surface area contributed by atoms with Gasteiger partial charge in [-0.15, -0.1) is 0 Å². The van der Waals surface area contributed by atoms with Gasteiger partial charge >= 0.3 is 5.97 Å². The molecule has 0 N–H and O–H groups in total. The summed E-state index contributed by atoms with van der Waals surface area (Å²) in [7, 11) is 0. The maximum atomic E-state index is 12.8. The number of carbonyl (C=O) groups excluding carboxylic acids is 3. The summed E-state index contributed by atoms with van der Waals surface area (Å²) in [6, 6.07) is 7.52. The third-order valence-electron chi connectivity index (χ3n) is 4.93. The second-order valence-corrected chi connectivity index (χ2v) is 6.92. The topological polar surface area (TPSA) is 76.8 Å². The van der Waals surface area contributed by atoms with Crippen LogP contribution in [0, 0.1) is 11.8 Å². The number of ether oxygens (including phenoxy) is 1. The fraction of sp³-hybridized carbons (Fsp3) is 0.316. The molecule has 2 amide bonds. The Morgan fingerprint density at radius 3 is 2.42 bits per heavy atom. The zero-order valence-corrected chi connectivity index (χ0v) is 14.6. The highest BCUT2D eigenvalue weighted by Crippen LogP contribution is 2.43. The third kappa shape index (κ3) is 2.80. The van der Waals surface area contributed by atoms with Crippen LogP contribution in [-0.2, 0) is 9.59 Å². The van der Waals surface area contributed by atoms with E-state index in [0.717, 1.165) is 17.7 Å². The number of benzene rings is 1. The summed E-state index contributed by atoms with van der Waals surface area (Å²) in [4.78, 5) is 39.0. The zero-order chi connectivity index (χ0) is 18.3. The van der Waals surface area contributed by atoms with Crippen molar-refractivity contribution < 1.29 is 23.5 Å². The molecule has 1 saturated heterocycles. The van der Waals surface area contributed by atoms with Gasteiger partial charge in [-0.2, -0.15) is 0 Å². The summed E-state index contributed by atoms with van der Waals surface area (Å²) in [5.74, 6) is -1.70. The standard InChI is InChI=1S/C19H16ClNO5/c20-11-7-8-15(26-19(24)16-6-3-9-25-16)14(10-11)21-17(22)12-4-1-2-5-13(12)18(21)23/h3,6-10,12-13H,1-2,4-5H2/t12-,13-/m1/s1. The van der Waals surface area contributed by atoms with Gasteiger partial charge in [-0.3, -0.25) is 9.59 Å². The Bertz CT molecular complexity index is 852. The van der Waals surface area contributed by atoms with Gasteiger partial charge < -0.3 is 9.15 Å². The molecule has 2 fully saturated rings. The van der Waals surface area contributed by atoms with E-state index < -0.39 is 5.97 Å². The fourth-order valence-corrected chi connectivity index (χ4v) is 3.86. The maximum Gasteiger partial charge on any atom is 0.379 e. The van der Waals surface area contributed by atoms with Crippen molar-refractivity contribution >= 4 is 35.1 Å². The average Bonchev–Trinajstić information content (AvgIpc) is 3.25. The number of hydrogen-bond acceptors (Lipinski definition) is 5. The third-order valence-corrected chi connectivity index (χ3v) is 5.16. The smallest absolute Gasteiger partial charge is 0.379 e. The van der Waals surface area contributed by atoms with Gasteiger partial charge in [-0.05, 0) is 43.2 Å². The van der Waals surface area contributed by atoms with Crippen LogP contribution >= 0.6 is 11.6 Å². The minimum Gasteiger partial charge on any atom is -0.457 e. The fourth-order valence-electron chi connectivity index (χ4n) is 3.70. The Morgan fingerprint density at radius 1 is 1.12 bits per heavy atom. The maximum absolute atomic E-state index is 12.8. The molecular formula is C19H16ClNO5. The molecule has 2 heterocycles. The van der Waals surface area contributed by atoms with Crippen molar-refractivity contribution in [3.8, 4) is 5.75 Å². The first-order chi connectivity index (χ1) is 12.6. The highest BCUT2D eigenvalue weighted by molar-refractivity contribution is 6.31. The molecule has 2 aliphatic rings. The van der Waals surface area contributed by atoms with Crippen molar-refractivity contribution in [1.82, 2.24) is 0 Å². The number of esters is 1. The van der Waals surface area contributed by atoms with Gasteiger partial charge in [-0.25, -0.2) is 9.69 Å². The summed E-state index contributed by atoms with van der Waals surface area (Å²) < 4.78 is 10.4. The van der Waals surface area contributed by atoms with E-state index in [-0.39, 0.29) is 40.8 Å². The second kappa shape index (κ2) is 6.61. The van der Waals surface area contributed by atoms with Gasteiger partial charge in [0.15, 0.2) is 5.75 Å². The van der Waals surface area contributed by atoms with Crippen LogP contribution in [0.5, 0.6) is 5.75 Å². The molecule has 1 saturated carbocycles. The SMILES string of the molecule is O=C(Oc1ccc(Cl)cc1N1C(=O)[C@@H]2CCCC[C@H]2C1=O)c1ccco1. The summed E-state index contributed by atoms with van der Waals surface area (Å²) in [5.41, 5.74) is 0.196. The molecule has 1 aromatic heterocycles. The first kappa shape index (κ1) is 16.8. The van der Waals surface area contributed by atoms with Gasteiger partial charge in [-0.1, -0.05) is 24.4 Å². The largest absolute Gasteiger partial charge is 0.457 e. The van der Waals surface area contributed by atoms with Crippen LogP contribution in [-0.4, -0.2) is 17.8 Å². The van der Waals surface area contributed by atoms with Crippen LogP contribution in [0.2, 0.25) is 5.02 Å². The zero-order valence-electron chi connectivity index (χ0n) is 13.8. The number of hydrogen-bond donors (Lipinski definition) is 0. The van der Waals surface area contributed by atoms with Gasteiger partial charge in [0.25, 0.3) is 0 Å². The lowest BCUT2D eigenvalue weighted by Gasteiger charge is -2.19. The van der Waals surface area contributed by atoms with Gasteiger partial charge in [0.1, 0.15) is 0 Å². The Kier molecular flexibility index (Phi) is 4.28. The van der Waals surface area contributed by atoms with Gasteiger partial charge in [0, 0.05) is 5.02 Å². The molecule has 0 unspecified atom stereocenters. The van der Waals surface area contributed by atoms with Crippen molar-refractivity contribution in [2.75, 3.05) is 4.90 Å². The monoisotopic (exact) mass is 373 g/mol. The van der Waals surface area contributed by atoms with Gasteiger partial charge in [0.05, 0.1) is 23.8 Å². The van der Waals surface area contributed by atoms with Crippen molar-refractivity contribution in [2.45, 2.75) is 25.7 Å². The number of fused-ring (bicyclic) bond motifs is 1. The lowest BCUT2D eigenvalue weighted by Crippen LogP contribution is -2.31. The average molecular weight is 374 g/mol. The molecule has 1 aromatic carbocycles. The lowest BCUT2D eigenvalue weighted by atomic mass is 9.81. The summed E-state index contributed by atoms with van der Waals surface area (Å²) in [6.07, 6.45) is 4.63. The van der Waals surface area contributed by atoms with Crippen LogP contribution in [0.1, 0.15) is 36.2 Å². The molecule has 2 atom stereocenters. The van der Waals surface area contributed by atoms with E-state index in [2.05, 4.69) is 0 Å². The molecule has 1 aliphatic carbocycles. The van der Waals surface area contributed by atoms with Crippen molar-refractivity contribution in [1.29, 1.82) is 0 Å². The van der Waals surface area contributed by atoms with Crippen LogP contribution in [0.25, 0.3) is 0 Å².